The first-order valence-corrected chi connectivity index (χ1v) is 11.4. The van der Waals surface area contributed by atoms with Gasteiger partial charge >= 0.3 is 0 Å². The number of aromatic nitrogens is 2. The first-order valence-electron chi connectivity index (χ1n) is 9.56. The van der Waals surface area contributed by atoms with Gasteiger partial charge in [0.25, 0.3) is 0 Å². The summed E-state index contributed by atoms with van der Waals surface area (Å²) in [5.41, 5.74) is 0.955. The molecule has 1 aromatic rings. The predicted molar refractivity (Wildman–Crippen MR) is 101 cm³/mol. The smallest absolute Gasteiger partial charge is 0.227 e. The molecule has 0 amide bonds. The second-order valence-electron chi connectivity index (χ2n) is 7.99. The van der Waals surface area contributed by atoms with Crippen molar-refractivity contribution in [3.05, 3.63) is 11.9 Å². The zero-order valence-electron chi connectivity index (χ0n) is 16.2. The van der Waals surface area contributed by atoms with Gasteiger partial charge in [0.05, 0.1) is 24.5 Å². The summed E-state index contributed by atoms with van der Waals surface area (Å²) in [6.07, 6.45) is 7.51. The third-order valence-electron chi connectivity index (χ3n) is 5.48. The van der Waals surface area contributed by atoms with Gasteiger partial charge in [0.2, 0.25) is 15.0 Å². The van der Waals surface area contributed by atoms with Crippen LogP contribution >= 0.6 is 0 Å². The molecule has 2 saturated heterocycles. The van der Waals surface area contributed by atoms with E-state index in [0.717, 1.165) is 44.8 Å². The molecule has 0 bridgehead atoms. The van der Waals surface area contributed by atoms with Crippen LogP contribution in [0.15, 0.2) is 11.4 Å². The van der Waals surface area contributed by atoms with Crippen molar-refractivity contribution >= 4 is 9.84 Å². The maximum absolute atomic E-state index is 12.1. The molecule has 1 atom stereocenters. The van der Waals surface area contributed by atoms with Crippen molar-refractivity contribution in [3.8, 4) is 0 Å². The maximum atomic E-state index is 12.1. The Hall–Kier alpha value is -0.960. The van der Waals surface area contributed by atoms with Crippen LogP contribution in [0.3, 0.4) is 0 Å². The van der Waals surface area contributed by atoms with E-state index in [-0.39, 0.29) is 11.3 Å². The van der Waals surface area contributed by atoms with Crippen LogP contribution in [-0.2, 0) is 27.7 Å². The molecule has 2 fully saturated rings. The van der Waals surface area contributed by atoms with Crippen LogP contribution in [0.2, 0.25) is 0 Å². The summed E-state index contributed by atoms with van der Waals surface area (Å²) < 4.78 is 31.8. The number of imidazole rings is 1. The zero-order chi connectivity index (χ0) is 18.7. The highest BCUT2D eigenvalue weighted by Crippen LogP contribution is 2.21. The first-order chi connectivity index (χ1) is 12.3. The quantitative estimate of drug-likeness (QED) is 0.705. The normalized spacial score (nSPS) is 23.2. The van der Waals surface area contributed by atoms with Crippen LogP contribution < -0.4 is 0 Å². The van der Waals surface area contributed by atoms with E-state index in [2.05, 4.69) is 28.9 Å². The Balaban J connectivity index is 1.68. The molecule has 148 valence electrons. The molecule has 3 heterocycles. The van der Waals surface area contributed by atoms with Gasteiger partial charge in [0, 0.05) is 26.0 Å². The fourth-order valence-electron chi connectivity index (χ4n) is 4.03. The van der Waals surface area contributed by atoms with Crippen molar-refractivity contribution in [3.63, 3.8) is 0 Å². The lowest BCUT2D eigenvalue weighted by molar-refractivity contribution is 0.0931. The van der Waals surface area contributed by atoms with Crippen molar-refractivity contribution in [1.82, 2.24) is 19.4 Å². The minimum atomic E-state index is -3.35. The van der Waals surface area contributed by atoms with Crippen molar-refractivity contribution in [1.29, 1.82) is 0 Å². The summed E-state index contributed by atoms with van der Waals surface area (Å²) in [7, 11) is 0.939. The number of likely N-dealkylation sites (tertiary alicyclic amines) is 1. The van der Waals surface area contributed by atoms with Crippen LogP contribution in [0, 0.1) is 5.92 Å². The van der Waals surface area contributed by atoms with E-state index >= 15 is 0 Å². The fraction of sp³-hybridized carbons (Fsp3) is 0.833. The lowest BCUT2D eigenvalue weighted by atomic mass is 9.97. The first kappa shape index (κ1) is 19.8. The number of piperidine rings is 1. The molecule has 0 aromatic carbocycles. The molecule has 0 saturated carbocycles. The number of ether oxygens (including phenoxy) is 1. The number of sulfone groups is 1. The molecule has 2 aliphatic heterocycles. The molecule has 0 spiro atoms. The monoisotopic (exact) mass is 384 g/mol. The fourth-order valence-corrected chi connectivity index (χ4v) is 4.86. The minimum Gasteiger partial charge on any atom is -0.376 e. The van der Waals surface area contributed by atoms with Crippen molar-refractivity contribution < 1.29 is 13.2 Å². The Morgan fingerprint density at radius 2 is 2.04 bits per heavy atom. The van der Waals surface area contributed by atoms with Crippen LogP contribution in [0.25, 0.3) is 0 Å². The molecule has 0 N–H and O–H groups in total. The van der Waals surface area contributed by atoms with E-state index in [1.165, 1.54) is 19.1 Å². The van der Waals surface area contributed by atoms with E-state index in [0.29, 0.717) is 19.0 Å². The van der Waals surface area contributed by atoms with Crippen LogP contribution in [0.4, 0.5) is 0 Å². The highest BCUT2D eigenvalue weighted by Gasteiger charge is 2.25. The lowest BCUT2D eigenvalue weighted by Crippen LogP contribution is -2.35. The predicted octanol–water partition coefficient (Wildman–Crippen LogP) is 1.24. The number of rotatable bonds is 7. The summed E-state index contributed by atoms with van der Waals surface area (Å²) in [6, 6.07) is 0. The van der Waals surface area contributed by atoms with Gasteiger partial charge in [-0.05, 0) is 58.8 Å². The van der Waals surface area contributed by atoms with Crippen LogP contribution in [-0.4, -0.2) is 80.5 Å². The Morgan fingerprint density at radius 1 is 1.31 bits per heavy atom. The second kappa shape index (κ2) is 8.37. The van der Waals surface area contributed by atoms with E-state index in [9.17, 15) is 8.42 Å². The minimum absolute atomic E-state index is 0.0858. The van der Waals surface area contributed by atoms with E-state index in [1.807, 2.05) is 4.57 Å². The largest absolute Gasteiger partial charge is 0.376 e. The second-order valence-corrected chi connectivity index (χ2v) is 9.90. The summed E-state index contributed by atoms with van der Waals surface area (Å²) >= 11 is 0. The average molecular weight is 385 g/mol. The Bertz CT molecular complexity index is 689. The van der Waals surface area contributed by atoms with Gasteiger partial charge in [0.1, 0.15) is 0 Å². The van der Waals surface area contributed by atoms with Crippen molar-refractivity contribution in [2.75, 3.05) is 46.6 Å². The molecule has 1 aromatic heterocycles. The summed E-state index contributed by atoms with van der Waals surface area (Å²) in [5, 5.41) is 0.163. The highest BCUT2D eigenvalue weighted by molar-refractivity contribution is 7.90. The SMILES string of the molecule is CN1CCC(CN(C)Cc2cnc(S(C)(=O)=O)n2CC2CCCO2)CC1. The summed E-state index contributed by atoms with van der Waals surface area (Å²) in [5.74, 6) is 0.708. The molecule has 0 radical (unpaired) electrons. The molecule has 0 aliphatic carbocycles. The Kier molecular flexibility index (Phi) is 6.37. The topological polar surface area (TPSA) is 67.7 Å². The van der Waals surface area contributed by atoms with E-state index in [4.69, 9.17) is 4.74 Å². The third kappa shape index (κ3) is 5.06. The summed E-state index contributed by atoms with van der Waals surface area (Å²) in [4.78, 5) is 8.90. The van der Waals surface area contributed by atoms with Gasteiger partial charge in [0.15, 0.2) is 0 Å². The average Bonchev–Trinajstić information content (AvgIpc) is 3.20. The summed E-state index contributed by atoms with van der Waals surface area (Å²) in [6.45, 7) is 5.40. The molecule has 3 rings (SSSR count). The number of hydrogen-bond acceptors (Lipinski definition) is 6. The van der Waals surface area contributed by atoms with E-state index in [1.54, 1.807) is 6.20 Å². The third-order valence-corrected chi connectivity index (χ3v) is 6.47. The number of hydrogen-bond donors (Lipinski definition) is 0. The Morgan fingerprint density at radius 3 is 2.65 bits per heavy atom. The van der Waals surface area contributed by atoms with Crippen LogP contribution in [0.5, 0.6) is 0 Å². The standard InChI is InChI=1S/C18H32N4O3S/c1-20-8-6-15(7-9-20)12-21(2)13-16-11-19-18(26(3,23)24)22(16)14-17-5-4-10-25-17/h11,15,17H,4-10,12-14H2,1-3H3. The highest BCUT2D eigenvalue weighted by atomic mass is 32.2. The van der Waals surface area contributed by atoms with Gasteiger partial charge in [-0.1, -0.05) is 0 Å². The van der Waals surface area contributed by atoms with E-state index < -0.39 is 9.84 Å². The van der Waals surface area contributed by atoms with Crippen LogP contribution in [0.1, 0.15) is 31.4 Å². The number of nitrogens with zero attached hydrogens (tertiary/aromatic N) is 4. The van der Waals surface area contributed by atoms with Gasteiger partial charge in [-0.2, -0.15) is 0 Å². The molecular formula is C18H32N4O3S. The van der Waals surface area contributed by atoms with Crippen molar-refractivity contribution in [2.24, 2.45) is 5.92 Å². The molecule has 8 heteroatoms. The zero-order valence-corrected chi connectivity index (χ0v) is 17.0. The molecular weight excluding hydrogens is 352 g/mol. The van der Waals surface area contributed by atoms with Crippen molar-refractivity contribution in [2.45, 2.75) is 50.0 Å². The van der Waals surface area contributed by atoms with Gasteiger partial charge in [-0.3, -0.25) is 0 Å². The van der Waals surface area contributed by atoms with Gasteiger partial charge < -0.3 is 19.1 Å². The Labute approximate surface area is 157 Å². The van der Waals surface area contributed by atoms with Gasteiger partial charge in [-0.15, -0.1) is 0 Å². The maximum Gasteiger partial charge on any atom is 0.227 e. The molecule has 26 heavy (non-hydrogen) atoms. The molecule has 7 nitrogen and oxygen atoms in total. The molecule has 2 aliphatic rings. The lowest BCUT2D eigenvalue weighted by Gasteiger charge is -2.31. The van der Waals surface area contributed by atoms with Gasteiger partial charge in [-0.25, -0.2) is 13.4 Å². The molecule has 1 unspecified atom stereocenters.